The van der Waals surface area contributed by atoms with E-state index in [1.54, 1.807) is 17.0 Å². The van der Waals surface area contributed by atoms with Gasteiger partial charge in [-0.2, -0.15) is 0 Å². The van der Waals surface area contributed by atoms with Crippen molar-refractivity contribution in [2.75, 3.05) is 48.4 Å². The van der Waals surface area contributed by atoms with Gasteiger partial charge in [-0.3, -0.25) is 14.0 Å². The summed E-state index contributed by atoms with van der Waals surface area (Å²) in [6.07, 6.45) is -0.528. The zero-order chi connectivity index (χ0) is 28.3. The second-order valence-corrected chi connectivity index (χ2v) is 13.6. The highest BCUT2D eigenvalue weighted by Crippen LogP contribution is 2.62. The number of carbonyl (C=O) groups excluding carboxylic acids is 1. The van der Waals surface area contributed by atoms with Crippen molar-refractivity contribution in [1.82, 2.24) is 14.8 Å². The molecular weight excluding hydrogens is 528 g/mol. The lowest BCUT2D eigenvalue weighted by Crippen LogP contribution is -2.49. The molecule has 0 bridgehead atoms. The molecule has 2 N–H and O–H groups in total. The monoisotopic (exact) mass is 565 g/mol. The van der Waals surface area contributed by atoms with Crippen LogP contribution >= 0.6 is 11.0 Å². The molecular formula is C27H37F2N5O4S. The smallest absolute Gasteiger partial charge is 0.410 e. The first kappa shape index (κ1) is 27.9. The molecule has 2 aliphatic heterocycles. The summed E-state index contributed by atoms with van der Waals surface area (Å²) in [6, 6.07) is 9.73. The van der Waals surface area contributed by atoms with Gasteiger partial charge in [0.1, 0.15) is 11.3 Å². The van der Waals surface area contributed by atoms with Crippen molar-refractivity contribution in [2.24, 2.45) is 5.92 Å². The Bertz CT molecular complexity index is 1260. The number of fused-ring (bicyclic) bond motifs is 1. The number of benzene rings is 1. The summed E-state index contributed by atoms with van der Waals surface area (Å²) in [5, 5.41) is 0. The predicted molar refractivity (Wildman–Crippen MR) is 149 cm³/mol. The molecule has 1 aromatic carbocycles. The van der Waals surface area contributed by atoms with Gasteiger partial charge in [0.15, 0.2) is 5.82 Å². The van der Waals surface area contributed by atoms with Gasteiger partial charge >= 0.3 is 6.09 Å². The maximum absolute atomic E-state index is 13.6. The van der Waals surface area contributed by atoms with Gasteiger partial charge in [-0.1, -0.05) is 12.1 Å². The molecule has 1 saturated carbocycles. The van der Waals surface area contributed by atoms with E-state index in [1.165, 1.54) is 15.7 Å². The van der Waals surface area contributed by atoms with Gasteiger partial charge in [-0.25, -0.2) is 27.2 Å². The Kier molecular flexibility index (Phi) is 6.97. The quantitative estimate of drug-likeness (QED) is 0.484. The molecule has 39 heavy (non-hydrogen) atoms. The van der Waals surface area contributed by atoms with E-state index in [-0.39, 0.29) is 19.1 Å². The minimum absolute atomic E-state index is 0.136. The number of piperazine rings is 1. The number of ether oxygens (including phenoxy) is 1. The Hall–Kier alpha value is -2.67. The molecule has 1 aromatic heterocycles. The van der Waals surface area contributed by atoms with Crippen molar-refractivity contribution < 1.29 is 27.4 Å². The Labute approximate surface area is 230 Å². The van der Waals surface area contributed by atoms with E-state index in [2.05, 4.69) is 17.0 Å². The summed E-state index contributed by atoms with van der Waals surface area (Å²) in [5.41, 5.74) is 3.62. The number of anilines is 2. The van der Waals surface area contributed by atoms with Gasteiger partial charge in [0.25, 0.3) is 5.92 Å². The average molecular weight is 566 g/mol. The Morgan fingerprint density at radius 2 is 1.82 bits per heavy atom. The zero-order valence-corrected chi connectivity index (χ0v) is 23.8. The van der Waals surface area contributed by atoms with Crippen LogP contribution in [0.2, 0.25) is 0 Å². The molecule has 1 atom stereocenters. The van der Waals surface area contributed by atoms with Crippen molar-refractivity contribution in [3.05, 3.63) is 41.5 Å². The lowest BCUT2D eigenvalue weighted by molar-refractivity contribution is 0.0139. The Morgan fingerprint density at radius 1 is 1.15 bits per heavy atom. The first-order chi connectivity index (χ1) is 18.2. The molecule has 9 nitrogen and oxygen atoms in total. The van der Waals surface area contributed by atoms with Crippen molar-refractivity contribution >= 4 is 28.6 Å². The highest BCUT2D eigenvalue weighted by Gasteiger charge is 2.59. The number of carbonyl (C=O) groups is 1. The van der Waals surface area contributed by atoms with Gasteiger partial charge in [0.05, 0.1) is 5.69 Å². The molecule has 3 heterocycles. The number of amides is 1. The van der Waals surface area contributed by atoms with Gasteiger partial charge in [0, 0.05) is 64.2 Å². The summed E-state index contributed by atoms with van der Waals surface area (Å²) in [4.78, 5) is 21.2. The second kappa shape index (κ2) is 9.76. The lowest BCUT2D eigenvalue weighted by Gasteiger charge is -2.41. The van der Waals surface area contributed by atoms with E-state index in [0.717, 1.165) is 29.8 Å². The molecule has 0 spiro atoms. The Morgan fingerprint density at radius 3 is 2.44 bits per heavy atom. The summed E-state index contributed by atoms with van der Waals surface area (Å²) >= 11 is 0. The van der Waals surface area contributed by atoms with Gasteiger partial charge in [-0.05, 0) is 68.0 Å². The Balaban J connectivity index is 1.30. The fraction of sp³-hybridized carbons (Fsp3) is 0.556. The second-order valence-electron chi connectivity index (χ2n) is 11.6. The molecule has 3 aliphatic rings. The summed E-state index contributed by atoms with van der Waals surface area (Å²) < 4.78 is 56.8. The van der Waals surface area contributed by atoms with Crippen LogP contribution in [0, 0.1) is 12.8 Å². The highest BCUT2D eigenvalue weighted by atomic mass is 32.3. The number of pyridine rings is 1. The van der Waals surface area contributed by atoms with Gasteiger partial charge < -0.3 is 9.64 Å². The normalized spacial score (nSPS) is 23.0. The first-order valence-corrected chi connectivity index (χ1v) is 14.6. The fourth-order valence-corrected chi connectivity index (χ4v) is 6.44. The third kappa shape index (κ3) is 5.65. The number of halogens is 2. The molecule has 5 rings (SSSR count). The van der Waals surface area contributed by atoms with Gasteiger partial charge in [-0.15, -0.1) is 0 Å². The van der Waals surface area contributed by atoms with Crippen LogP contribution in [0.1, 0.15) is 38.3 Å². The van der Waals surface area contributed by atoms with E-state index >= 15 is 0 Å². The average Bonchev–Trinajstić information content (AvgIpc) is 3.42. The number of hydrogen-bond donors (Lipinski definition) is 2. The predicted octanol–water partition coefficient (Wildman–Crippen LogP) is 5.60. The summed E-state index contributed by atoms with van der Waals surface area (Å²) in [6.45, 7) is 10.8. The SMILES string of the molecule is Cc1ccc(CN2CCN(C(=O)OC(C)(C)C)CC2)cc1-c1ccc2c(n1)N(C)S(O)(O)N2CC1CC1(F)F. The number of hydrogen-bond acceptors (Lipinski definition) is 8. The van der Waals surface area contributed by atoms with Crippen molar-refractivity contribution in [3.8, 4) is 11.3 Å². The topological polar surface area (TPSA) is 92.6 Å². The molecule has 0 radical (unpaired) electrons. The summed E-state index contributed by atoms with van der Waals surface area (Å²) in [5.74, 6) is -3.29. The molecule has 1 aliphatic carbocycles. The maximum Gasteiger partial charge on any atom is 0.410 e. The molecule has 1 saturated heterocycles. The van der Waals surface area contributed by atoms with E-state index in [0.29, 0.717) is 36.8 Å². The number of nitrogens with zero attached hydrogens (tertiary/aromatic N) is 5. The molecule has 12 heteroatoms. The van der Waals surface area contributed by atoms with Crippen LogP contribution in [0.15, 0.2) is 30.3 Å². The minimum atomic E-state index is -3.46. The highest BCUT2D eigenvalue weighted by molar-refractivity contribution is 8.26. The summed E-state index contributed by atoms with van der Waals surface area (Å²) in [7, 11) is -1.94. The molecule has 214 valence electrons. The van der Waals surface area contributed by atoms with E-state index in [9.17, 15) is 22.7 Å². The van der Waals surface area contributed by atoms with Crippen molar-refractivity contribution in [3.63, 3.8) is 0 Å². The van der Waals surface area contributed by atoms with Crippen LogP contribution in [-0.2, 0) is 11.3 Å². The molecule has 1 amide bonds. The molecule has 2 fully saturated rings. The molecule has 2 aromatic rings. The fourth-order valence-electron chi connectivity index (χ4n) is 5.00. The van der Waals surface area contributed by atoms with E-state index in [4.69, 9.17) is 9.72 Å². The minimum Gasteiger partial charge on any atom is -0.444 e. The third-order valence-corrected chi connectivity index (χ3v) is 9.28. The number of aryl methyl sites for hydroxylation is 1. The van der Waals surface area contributed by atoms with Gasteiger partial charge in [0.2, 0.25) is 0 Å². The van der Waals surface area contributed by atoms with Crippen LogP contribution in [0.5, 0.6) is 0 Å². The van der Waals surface area contributed by atoms with Crippen LogP contribution < -0.4 is 8.61 Å². The number of rotatable bonds is 5. The zero-order valence-electron chi connectivity index (χ0n) is 23.0. The number of alkyl halides is 2. The first-order valence-electron chi connectivity index (χ1n) is 13.1. The van der Waals surface area contributed by atoms with Crippen LogP contribution in [0.4, 0.5) is 25.1 Å². The number of aromatic nitrogens is 1. The molecule has 1 unspecified atom stereocenters. The standard InChI is InChI=1S/C27H37F2N5O4S/c1-18-6-7-19(16-32-10-12-33(13-11-32)25(35)38-26(2,3)4)14-21(18)22-8-9-23-24(30-22)31(5)39(36,37)34(23)17-20-15-27(20,28)29/h6-9,14,20,36-37H,10-13,15-17H2,1-5H3. The van der Waals surface area contributed by atoms with E-state index < -0.39 is 28.4 Å². The van der Waals surface area contributed by atoms with Crippen LogP contribution in [-0.4, -0.2) is 81.3 Å². The third-order valence-electron chi connectivity index (χ3n) is 7.43. The maximum atomic E-state index is 13.6. The van der Waals surface area contributed by atoms with Crippen molar-refractivity contribution in [2.45, 2.75) is 52.2 Å². The van der Waals surface area contributed by atoms with Crippen LogP contribution in [0.25, 0.3) is 11.3 Å². The van der Waals surface area contributed by atoms with Crippen LogP contribution in [0.3, 0.4) is 0 Å². The lowest BCUT2D eigenvalue weighted by atomic mass is 10.0. The largest absolute Gasteiger partial charge is 0.444 e. The van der Waals surface area contributed by atoms with E-state index in [1.807, 2.05) is 33.8 Å². The van der Waals surface area contributed by atoms with Crippen molar-refractivity contribution in [1.29, 1.82) is 0 Å².